The molecule has 2 rings (SSSR count). The normalized spacial score (nSPS) is 12.3. The smallest absolute Gasteiger partial charge is 0.173 e. The van der Waals surface area contributed by atoms with E-state index in [9.17, 15) is 13.2 Å². The van der Waals surface area contributed by atoms with Gasteiger partial charge in [0.05, 0.1) is 17.6 Å². The van der Waals surface area contributed by atoms with E-state index in [4.69, 9.17) is 4.74 Å². The van der Waals surface area contributed by atoms with Crippen LogP contribution in [0.4, 0.5) is 13.2 Å². The Hall–Kier alpha value is -1.53. The van der Waals surface area contributed by atoms with E-state index in [0.29, 0.717) is 16.9 Å². The number of methoxy groups -OCH3 is 1. The maximum Gasteiger partial charge on any atom is 0.173 e. The van der Waals surface area contributed by atoms with Crippen LogP contribution in [0.2, 0.25) is 0 Å². The predicted octanol–water partition coefficient (Wildman–Crippen LogP) is 4.18. The van der Waals surface area contributed by atoms with Crippen LogP contribution in [0.5, 0.6) is 5.75 Å². The Labute approximate surface area is 129 Å². The van der Waals surface area contributed by atoms with Gasteiger partial charge in [0.25, 0.3) is 0 Å². The lowest BCUT2D eigenvalue weighted by Gasteiger charge is -2.21. The fourth-order valence-corrected chi connectivity index (χ4v) is 2.72. The molecule has 1 N–H and O–H groups in total. The van der Waals surface area contributed by atoms with Crippen molar-refractivity contribution in [2.45, 2.75) is 6.04 Å². The molecular weight excluding hydrogens is 347 g/mol. The van der Waals surface area contributed by atoms with E-state index in [2.05, 4.69) is 21.2 Å². The Bertz CT molecular complexity index is 664. The minimum Gasteiger partial charge on any atom is -0.496 e. The minimum atomic E-state index is -0.983. The van der Waals surface area contributed by atoms with Crippen molar-refractivity contribution in [3.63, 3.8) is 0 Å². The van der Waals surface area contributed by atoms with Gasteiger partial charge in [0.1, 0.15) is 11.6 Å². The summed E-state index contributed by atoms with van der Waals surface area (Å²) in [5, 5.41) is 2.96. The Morgan fingerprint density at radius 3 is 2.43 bits per heavy atom. The first-order valence-corrected chi connectivity index (χ1v) is 6.93. The molecule has 1 atom stereocenters. The Balaban J connectivity index is 2.60. The second-order valence-corrected chi connectivity index (χ2v) is 5.17. The lowest BCUT2D eigenvalue weighted by atomic mass is 9.97. The monoisotopic (exact) mass is 359 g/mol. The van der Waals surface area contributed by atoms with Gasteiger partial charge in [0, 0.05) is 5.56 Å². The second kappa shape index (κ2) is 6.49. The van der Waals surface area contributed by atoms with Crippen LogP contribution in [0.1, 0.15) is 17.2 Å². The summed E-state index contributed by atoms with van der Waals surface area (Å²) in [5.41, 5.74) is 0.937. The molecule has 0 spiro atoms. The van der Waals surface area contributed by atoms with Gasteiger partial charge in [-0.05, 0) is 52.8 Å². The summed E-state index contributed by atoms with van der Waals surface area (Å²) in [6.45, 7) is 0. The molecule has 2 aromatic rings. The van der Waals surface area contributed by atoms with Crippen LogP contribution in [0.15, 0.2) is 34.8 Å². The molecule has 0 aromatic heterocycles. The minimum absolute atomic E-state index is 0.00633. The van der Waals surface area contributed by atoms with E-state index in [1.165, 1.54) is 31.4 Å². The third kappa shape index (κ3) is 3.06. The molecule has 0 saturated carbocycles. The number of halogens is 4. The fourth-order valence-electron chi connectivity index (χ4n) is 2.17. The highest BCUT2D eigenvalue weighted by Gasteiger charge is 2.22. The van der Waals surface area contributed by atoms with Gasteiger partial charge in [-0.3, -0.25) is 0 Å². The van der Waals surface area contributed by atoms with Crippen molar-refractivity contribution in [2.24, 2.45) is 0 Å². The number of rotatable bonds is 4. The van der Waals surface area contributed by atoms with Gasteiger partial charge < -0.3 is 10.1 Å². The second-order valence-electron chi connectivity index (χ2n) is 4.37. The van der Waals surface area contributed by atoms with E-state index in [0.717, 1.165) is 6.07 Å². The highest BCUT2D eigenvalue weighted by molar-refractivity contribution is 9.10. The SMILES string of the molecule is CNC(c1cc(F)ccc1OC)c1ccc(F)c(F)c1Br. The standard InChI is InChI=1S/C15H13BrF3NO/c1-20-15(9-4-5-11(18)14(19)13(9)16)10-7-8(17)3-6-12(10)21-2/h3-7,15,20H,1-2H3. The first kappa shape index (κ1) is 15.9. The number of ether oxygens (including phenoxy) is 1. The molecule has 21 heavy (non-hydrogen) atoms. The molecular formula is C15H13BrF3NO. The summed E-state index contributed by atoms with van der Waals surface area (Å²) in [7, 11) is 3.10. The molecule has 0 saturated heterocycles. The summed E-state index contributed by atoms with van der Waals surface area (Å²) in [6.07, 6.45) is 0. The number of nitrogens with one attached hydrogen (secondary N) is 1. The molecule has 0 fully saturated rings. The summed E-state index contributed by atoms with van der Waals surface area (Å²) in [5.74, 6) is -1.92. The van der Waals surface area contributed by atoms with Crippen LogP contribution >= 0.6 is 15.9 Å². The lowest BCUT2D eigenvalue weighted by Crippen LogP contribution is -2.19. The van der Waals surface area contributed by atoms with Crippen LogP contribution in [0, 0.1) is 17.5 Å². The summed E-state index contributed by atoms with van der Waals surface area (Å²) < 4.78 is 45.7. The molecule has 1 unspecified atom stereocenters. The zero-order chi connectivity index (χ0) is 15.6. The van der Waals surface area contributed by atoms with Crippen molar-refractivity contribution in [1.82, 2.24) is 5.32 Å². The highest BCUT2D eigenvalue weighted by atomic mass is 79.9. The van der Waals surface area contributed by atoms with Gasteiger partial charge in [-0.1, -0.05) is 6.07 Å². The van der Waals surface area contributed by atoms with Crippen molar-refractivity contribution in [2.75, 3.05) is 14.2 Å². The van der Waals surface area contributed by atoms with E-state index in [1.54, 1.807) is 7.05 Å². The first-order valence-electron chi connectivity index (χ1n) is 6.13. The molecule has 0 aliphatic heterocycles. The molecule has 0 heterocycles. The van der Waals surface area contributed by atoms with Crippen LogP contribution in [0.3, 0.4) is 0 Å². The summed E-state index contributed by atoms with van der Waals surface area (Å²) in [4.78, 5) is 0. The van der Waals surface area contributed by atoms with Gasteiger partial charge in [-0.25, -0.2) is 13.2 Å². The summed E-state index contributed by atoms with van der Waals surface area (Å²) in [6, 6.07) is 5.98. The number of benzene rings is 2. The topological polar surface area (TPSA) is 21.3 Å². The van der Waals surface area contributed by atoms with Crippen LogP contribution < -0.4 is 10.1 Å². The average Bonchev–Trinajstić information content (AvgIpc) is 2.48. The van der Waals surface area contributed by atoms with Gasteiger partial charge in [0.2, 0.25) is 0 Å². The predicted molar refractivity (Wildman–Crippen MR) is 77.9 cm³/mol. The largest absolute Gasteiger partial charge is 0.496 e. The first-order chi connectivity index (χ1) is 9.99. The maximum atomic E-state index is 13.7. The zero-order valence-corrected chi connectivity index (χ0v) is 13.0. The van der Waals surface area contributed by atoms with Gasteiger partial charge in [0.15, 0.2) is 11.6 Å². The van der Waals surface area contributed by atoms with Crippen LogP contribution in [-0.2, 0) is 0 Å². The summed E-state index contributed by atoms with van der Waals surface area (Å²) >= 11 is 3.05. The fraction of sp³-hybridized carbons (Fsp3) is 0.200. The molecule has 0 radical (unpaired) electrons. The van der Waals surface area contributed by atoms with E-state index in [-0.39, 0.29) is 4.47 Å². The quantitative estimate of drug-likeness (QED) is 0.826. The molecule has 0 aliphatic rings. The molecule has 6 heteroatoms. The molecule has 0 bridgehead atoms. The van der Waals surface area contributed by atoms with Gasteiger partial charge in [-0.15, -0.1) is 0 Å². The van der Waals surface area contributed by atoms with Crippen molar-refractivity contribution in [1.29, 1.82) is 0 Å². The van der Waals surface area contributed by atoms with Crippen molar-refractivity contribution in [3.05, 3.63) is 63.4 Å². The highest BCUT2D eigenvalue weighted by Crippen LogP contribution is 2.35. The number of hydrogen-bond acceptors (Lipinski definition) is 2. The van der Waals surface area contributed by atoms with E-state index in [1.807, 2.05) is 0 Å². The zero-order valence-electron chi connectivity index (χ0n) is 11.4. The maximum absolute atomic E-state index is 13.7. The molecule has 0 aliphatic carbocycles. The molecule has 0 amide bonds. The van der Waals surface area contributed by atoms with Crippen LogP contribution in [0.25, 0.3) is 0 Å². The molecule has 112 valence electrons. The lowest BCUT2D eigenvalue weighted by molar-refractivity contribution is 0.403. The van der Waals surface area contributed by atoms with Crippen LogP contribution in [-0.4, -0.2) is 14.2 Å². The van der Waals surface area contributed by atoms with Crippen molar-refractivity contribution < 1.29 is 17.9 Å². The van der Waals surface area contributed by atoms with E-state index < -0.39 is 23.5 Å². The van der Waals surface area contributed by atoms with Crippen molar-refractivity contribution in [3.8, 4) is 5.75 Å². The van der Waals surface area contributed by atoms with Gasteiger partial charge in [-0.2, -0.15) is 0 Å². The Kier molecular flexibility index (Phi) is 4.90. The van der Waals surface area contributed by atoms with Crippen molar-refractivity contribution >= 4 is 15.9 Å². The Morgan fingerprint density at radius 2 is 1.81 bits per heavy atom. The average molecular weight is 360 g/mol. The Morgan fingerprint density at radius 1 is 1.10 bits per heavy atom. The third-order valence-electron chi connectivity index (χ3n) is 3.17. The number of hydrogen-bond donors (Lipinski definition) is 1. The molecule has 2 nitrogen and oxygen atoms in total. The van der Waals surface area contributed by atoms with Gasteiger partial charge >= 0.3 is 0 Å². The third-order valence-corrected chi connectivity index (χ3v) is 3.97. The van der Waals surface area contributed by atoms with E-state index >= 15 is 0 Å². The molecule has 2 aromatic carbocycles.